The Bertz CT molecular complexity index is 346. The maximum absolute atomic E-state index is 6.03. The lowest BCUT2D eigenvalue weighted by Crippen LogP contribution is -2.47. The summed E-state index contributed by atoms with van der Waals surface area (Å²) < 4.78 is 0. The van der Waals surface area contributed by atoms with Crippen LogP contribution in [0.3, 0.4) is 0 Å². The van der Waals surface area contributed by atoms with Gasteiger partial charge in [0.1, 0.15) is 0 Å². The molecule has 15 heavy (non-hydrogen) atoms. The molecule has 0 aromatic heterocycles. The highest BCUT2D eigenvalue weighted by Gasteiger charge is 2.29. The predicted molar refractivity (Wildman–Crippen MR) is 66.7 cm³/mol. The van der Waals surface area contributed by atoms with E-state index in [-0.39, 0.29) is 5.54 Å². The van der Waals surface area contributed by atoms with Gasteiger partial charge in [-0.1, -0.05) is 17.7 Å². The number of halogens is 1. The number of benzene rings is 1. The Morgan fingerprint density at radius 2 is 2.07 bits per heavy atom. The smallest absolute Gasteiger partial charge is 0.0426 e. The Hall–Kier alpha value is -0.690. The van der Waals surface area contributed by atoms with Gasteiger partial charge in [-0.05, 0) is 51.3 Å². The van der Waals surface area contributed by atoms with E-state index >= 15 is 0 Å². The van der Waals surface area contributed by atoms with Crippen molar-refractivity contribution in [3.8, 4) is 0 Å². The molecule has 2 rings (SSSR count). The molecule has 0 radical (unpaired) electrons. The van der Waals surface area contributed by atoms with E-state index in [0.717, 1.165) is 11.6 Å². The number of hydrogen-bond donors (Lipinski definition) is 0. The monoisotopic (exact) mass is 223 g/mol. The van der Waals surface area contributed by atoms with Crippen molar-refractivity contribution in [3.05, 3.63) is 29.3 Å². The van der Waals surface area contributed by atoms with Crippen LogP contribution in [0.25, 0.3) is 0 Å². The van der Waals surface area contributed by atoms with Crippen LogP contribution in [0.5, 0.6) is 0 Å². The Balaban J connectivity index is 2.29. The van der Waals surface area contributed by atoms with Crippen molar-refractivity contribution >= 4 is 17.3 Å². The lowest BCUT2D eigenvalue weighted by molar-refractivity contribution is 0.362. The first-order valence-corrected chi connectivity index (χ1v) is 6.01. The summed E-state index contributed by atoms with van der Waals surface area (Å²) in [5, 5.41) is 0.828. The third-order valence-electron chi connectivity index (χ3n) is 3.27. The highest BCUT2D eigenvalue weighted by molar-refractivity contribution is 6.30. The second-order valence-electron chi connectivity index (χ2n) is 4.90. The highest BCUT2D eigenvalue weighted by Crippen LogP contribution is 2.33. The Kier molecular flexibility index (Phi) is 2.92. The van der Waals surface area contributed by atoms with Crippen LogP contribution in [-0.2, 0) is 0 Å². The molecule has 0 spiro atoms. The molecule has 0 bridgehead atoms. The minimum atomic E-state index is 0.267. The number of hydrogen-bond acceptors (Lipinski definition) is 1. The molecule has 0 N–H and O–H groups in total. The van der Waals surface area contributed by atoms with E-state index in [4.69, 9.17) is 11.6 Å². The molecule has 0 atom stereocenters. The van der Waals surface area contributed by atoms with Crippen LogP contribution in [0.2, 0.25) is 5.02 Å². The molecule has 0 unspecified atom stereocenters. The van der Waals surface area contributed by atoms with Crippen molar-refractivity contribution in [2.24, 2.45) is 0 Å². The average Bonchev–Trinajstić information content (AvgIpc) is 2.17. The van der Waals surface area contributed by atoms with Gasteiger partial charge in [0, 0.05) is 22.8 Å². The zero-order valence-corrected chi connectivity index (χ0v) is 10.2. The fourth-order valence-electron chi connectivity index (χ4n) is 2.39. The summed E-state index contributed by atoms with van der Waals surface area (Å²) in [5.74, 6) is 0. The highest BCUT2D eigenvalue weighted by atomic mass is 35.5. The minimum Gasteiger partial charge on any atom is -0.366 e. The number of rotatable bonds is 1. The van der Waals surface area contributed by atoms with Crippen LogP contribution in [0.1, 0.15) is 33.1 Å². The molecule has 82 valence electrons. The van der Waals surface area contributed by atoms with E-state index in [2.05, 4.69) is 30.9 Å². The van der Waals surface area contributed by atoms with Gasteiger partial charge in [0.15, 0.2) is 0 Å². The van der Waals surface area contributed by atoms with E-state index in [1.165, 1.54) is 24.9 Å². The van der Waals surface area contributed by atoms with Crippen LogP contribution in [-0.4, -0.2) is 12.1 Å². The van der Waals surface area contributed by atoms with Crippen molar-refractivity contribution < 1.29 is 0 Å². The van der Waals surface area contributed by atoms with E-state index in [0.29, 0.717) is 0 Å². The fraction of sp³-hybridized carbons (Fsp3) is 0.538. The van der Waals surface area contributed by atoms with Crippen LogP contribution in [0, 0.1) is 0 Å². The summed E-state index contributed by atoms with van der Waals surface area (Å²) in [4.78, 5) is 2.47. The Morgan fingerprint density at radius 3 is 2.73 bits per heavy atom. The quantitative estimate of drug-likeness (QED) is 0.693. The summed E-state index contributed by atoms with van der Waals surface area (Å²) in [6.45, 7) is 5.77. The molecule has 1 heterocycles. The SMILES string of the molecule is CC1(C)CCCCN1c1cccc(Cl)c1. The molecule has 0 amide bonds. The second kappa shape index (κ2) is 4.05. The molecule has 1 aromatic rings. The summed E-state index contributed by atoms with van der Waals surface area (Å²) in [5.41, 5.74) is 1.52. The molecule has 1 aliphatic rings. The van der Waals surface area contributed by atoms with E-state index < -0.39 is 0 Å². The zero-order chi connectivity index (χ0) is 10.9. The van der Waals surface area contributed by atoms with E-state index in [1.807, 2.05) is 12.1 Å². The fourth-order valence-corrected chi connectivity index (χ4v) is 2.57. The van der Waals surface area contributed by atoms with Crippen molar-refractivity contribution in [2.75, 3.05) is 11.4 Å². The van der Waals surface area contributed by atoms with Gasteiger partial charge in [0.25, 0.3) is 0 Å². The standard InChI is InChI=1S/C13H18ClN/c1-13(2)8-3-4-9-15(13)12-7-5-6-11(14)10-12/h5-7,10H,3-4,8-9H2,1-2H3. The summed E-state index contributed by atoms with van der Waals surface area (Å²) >= 11 is 6.03. The maximum atomic E-state index is 6.03. The van der Waals surface area contributed by atoms with Crippen LogP contribution in [0.15, 0.2) is 24.3 Å². The third kappa shape index (κ3) is 2.28. The Labute approximate surface area is 97.0 Å². The normalized spacial score (nSPS) is 20.3. The first-order chi connectivity index (χ1) is 7.09. The molecule has 1 aromatic carbocycles. The predicted octanol–water partition coefficient (Wildman–Crippen LogP) is 4.11. The van der Waals surface area contributed by atoms with Crippen molar-refractivity contribution in [2.45, 2.75) is 38.6 Å². The lowest BCUT2D eigenvalue weighted by atomic mass is 9.90. The molecule has 0 saturated carbocycles. The summed E-state index contributed by atoms with van der Waals surface area (Å²) in [6.07, 6.45) is 3.89. The number of anilines is 1. The van der Waals surface area contributed by atoms with Gasteiger partial charge < -0.3 is 4.90 Å². The van der Waals surface area contributed by atoms with E-state index in [1.54, 1.807) is 0 Å². The number of piperidine rings is 1. The van der Waals surface area contributed by atoms with Gasteiger partial charge >= 0.3 is 0 Å². The van der Waals surface area contributed by atoms with Crippen molar-refractivity contribution in [1.82, 2.24) is 0 Å². The maximum Gasteiger partial charge on any atom is 0.0426 e. The minimum absolute atomic E-state index is 0.267. The molecular weight excluding hydrogens is 206 g/mol. The molecule has 1 saturated heterocycles. The number of nitrogens with zero attached hydrogens (tertiary/aromatic N) is 1. The molecule has 1 nitrogen and oxygen atoms in total. The zero-order valence-electron chi connectivity index (χ0n) is 9.46. The third-order valence-corrected chi connectivity index (χ3v) is 3.51. The molecule has 2 heteroatoms. The van der Waals surface area contributed by atoms with Crippen LogP contribution < -0.4 is 4.90 Å². The second-order valence-corrected chi connectivity index (χ2v) is 5.34. The van der Waals surface area contributed by atoms with Gasteiger partial charge in [-0.2, -0.15) is 0 Å². The van der Waals surface area contributed by atoms with Gasteiger partial charge in [0.2, 0.25) is 0 Å². The van der Waals surface area contributed by atoms with Gasteiger partial charge in [-0.15, -0.1) is 0 Å². The summed E-state index contributed by atoms with van der Waals surface area (Å²) in [6, 6.07) is 8.18. The van der Waals surface area contributed by atoms with Gasteiger partial charge in [-0.3, -0.25) is 0 Å². The molecule has 0 aliphatic carbocycles. The first-order valence-electron chi connectivity index (χ1n) is 5.63. The average molecular weight is 224 g/mol. The molecular formula is C13H18ClN. The van der Waals surface area contributed by atoms with Crippen LogP contribution >= 0.6 is 11.6 Å². The first kappa shape index (κ1) is 10.8. The molecule has 1 aliphatic heterocycles. The summed E-state index contributed by atoms with van der Waals surface area (Å²) in [7, 11) is 0. The van der Waals surface area contributed by atoms with Crippen molar-refractivity contribution in [3.63, 3.8) is 0 Å². The lowest BCUT2D eigenvalue weighted by Gasteiger charge is -2.44. The van der Waals surface area contributed by atoms with E-state index in [9.17, 15) is 0 Å². The Morgan fingerprint density at radius 1 is 1.27 bits per heavy atom. The van der Waals surface area contributed by atoms with Gasteiger partial charge in [0.05, 0.1) is 0 Å². The topological polar surface area (TPSA) is 3.24 Å². The van der Waals surface area contributed by atoms with Crippen LogP contribution in [0.4, 0.5) is 5.69 Å². The largest absolute Gasteiger partial charge is 0.366 e. The van der Waals surface area contributed by atoms with Gasteiger partial charge in [-0.25, -0.2) is 0 Å². The van der Waals surface area contributed by atoms with Crippen molar-refractivity contribution in [1.29, 1.82) is 0 Å². The molecule has 1 fully saturated rings.